The van der Waals surface area contributed by atoms with E-state index in [0.717, 1.165) is 5.56 Å². The lowest BCUT2D eigenvalue weighted by molar-refractivity contribution is -0.132. The molecule has 0 fully saturated rings. The van der Waals surface area contributed by atoms with Crippen LogP contribution in [0.3, 0.4) is 0 Å². The van der Waals surface area contributed by atoms with Gasteiger partial charge in [-0.05, 0) is 48.4 Å². The van der Waals surface area contributed by atoms with Crippen LogP contribution in [-0.4, -0.2) is 44.0 Å². The molecule has 0 saturated heterocycles. The molecule has 8 heteroatoms. The smallest absolute Gasteiger partial charge is 0.247 e. The Morgan fingerprint density at radius 2 is 1.87 bits per heavy atom. The Bertz CT molecular complexity index is 916. The zero-order chi connectivity index (χ0) is 22.1. The van der Waals surface area contributed by atoms with Crippen molar-refractivity contribution < 1.29 is 23.5 Å². The highest BCUT2D eigenvalue weighted by molar-refractivity contribution is 6.32. The molecule has 0 radical (unpaired) electrons. The van der Waals surface area contributed by atoms with Gasteiger partial charge in [0.15, 0.2) is 11.5 Å². The molecule has 0 aliphatic heterocycles. The molecular weight excluding hydrogens is 411 g/mol. The highest BCUT2D eigenvalue weighted by Crippen LogP contribution is 2.36. The van der Waals surface area contributed by atoms with Crippen LogP contribution < -0.4 is 14.8 Å². The van der Waals surface area contributed by atoms with Crippen LogP contribution in [-0.2, 0) is 16.1 Å². The molecule has 2 aromatic carbocycles. The minimum absolute atomic E-state index is 0.0897. The standard InChI is InChI=1S/C22H24ClFN2O4/c1-4-26(14-20(27)25-13-15-5-8-17(24)9-6-15)21(28)10-7-16-11-18(23)22(30-3)19(12-16)29-2/h5-12H,4,13-14H2,1-3H3,(H,25,27)/b10-7+. The first-order valence-corrected chi connectivity index (χ1v) is 9.65. The normalized spacial score (nSPS) is 10.7. The maximum atomic E-state index is 12.9. The van der Waals surface area contributed by atoms with Gasteiger partial charge in [-0.2, -0.15) is 0 Å². The van der Waals surface area contributed by atoms with E-state index >= 15 is 0 Å². The summed E-state index contributed by atoms with van der Waals surface area (Å²) < 4.78 is 23.4. The van der Waals surface area contributed by atoms with Crippen molar-refractivity contribution >= 4 is 29.5 Å². The molecule has 2 rings (SSSR count). The number of carbonyl (C=O) groups is 2. The maximum absolute atomic E-state index is 12.9. The van der Waals surface area contributed by atoms with Crippen molar-refractivity contribution in [2.24, 2.45) is 0 Å². The molecule has 0 aliphatic carbocycles. The van der Waals surface area contributed by atoms with E-state index in [4.69, 9.17) is 21.1 Å². The second-order valence-electron chi connectivity index (χ2n) is 6.33. The van der Waals surface area contributed by atoms with Crippen LogP contribution in [0.4, 0.5) is 4.39 Å². The number of ether oxygens (including phenoxy) is 2. The van der Waals surface area contributed by atoms with E-state index in [1.807, 2.05) is 0 Å². The highest BCUT2D eigenvalue weighted by Gasteiger charge is 2.14. The summed E-state index contributed by atoms with van der Waals surface area (Å²) in [7, 11) is 2.99. The van der Waals surface area contributed by atoms with Crippen molar-refractivity contribution in [1.29, 1.82) is 0 Å². The van der Waals surface area contributed by atoms with Crippen molar-refractivity contribution in [2.75, 3.05) is 27.3 Å². The van der Waals surface area contributed by atoms with Gasteiger partial charge >= 0.3 is 0 Å². The monoisotopic (exact) mass is 434 g/mol. The summed E-state index contributed by atoms with van der Waals surface area (Å²) in [4.78, 5) is 26.1. The van der Waals surface area contributed by atoms with Gasteiger partial charge < -0.3 is 19.7 Å². The van der Waals surface area contributed by atoms with Gasteiger partial charge in [-0.15, -0.1) is 0 Å². The van der Waals surface area contributed by atoms with Crippen LogP contribution in [0.5, 0.6) is 11.5 Å². The quantitative estimate of drug-likeness (QED) is 0.611. The van der Waals surface area contributed by atoms with E-state index in [1.165, 1.54) is 37.3 Å². The molecule has 0 unspecified atom stereocenters. The van der Waals surface area contributed by atoms with Gasteiger partial charge in [0.2, 0.25) is 11.8 Å². The average molecular weight is 435 g/mol. The summed E-state index contributed by atoms with van der Waals surface area (Å²) in [6, 6.07) is 9.19. The molecule has 0 spiro atoms. The number of hydrogen-bond donors (Lipinski definition) is 1. The summed E-state index contributed by atoms with van der Waals surface area (Å²) in [6.07, 6.45) is 2.96. The molecule has 0 saturated carbocycles. The molecule has 0 heterocycles. The Balaban J connectivity index is 1.97. The van der Waals surface area contributed by atoms with E-state index in [0.29, 0.717) is 28.6 Å². The molecule has 0 bridgehead atoms. The minimum atomic E-state index is -0.338. The fourth-order valence-corrected chi connectivity index (χ4v) is 2.98. The molecule has 0 aromatic heterocycles. The largest absolute Gasteiger partial charge is 0.493 e. The van der Waals surface area contributed by atoms with Crippen LogP contribution in [0.1, 0.15) is 18.1 Å². The van der Waals surface area contributed by atoms with E-state index in [2.05, 4.69) is 5.32 Å². The SMILES string of the molecule is CCN(CC(=O)NCc1ccc(F)cc1)C(=O)/C=C/c1cc(Cl)c(OC)c(OC)c1. The number of carbonyl (C=O) groups excluding carboxylic acids is 2. The fourth-order valence-electron chi connectivity index (χ4n) is 2.68. The Morgan fingerprint density at radius 3 is 2.47 bits per heavy atom. The second kappa shape index (κ2) is 11.2. The number of nitrogens with one attached hydrogen (secondary N) is 1. The van der Waals surface area contributed by atoms with Crippen LogP contribution >= 0.6 is 11.6 Å². The minimum Gasteiger partial charge on any atom is -0.493 e. The van der Waals surface area contributed by atoms with E-state index in [9.17, 15) is 14.0 Å². The number of nitrogens with zero attached hydrogens (tertiary/aromatic N) is 1. The van der Waals surface area contributed by atoms with Crippen LogP contribution in [0.15, 0.2) is 42.5 Å². The van der Waals surface area contributed by atoms with Crippen LogP contribution in [0.2, 0.25) is 5.02 Å². The van der Waals surface area contributed by atoms with Gasteiger partial charge in [-0.1, -0.05) is 23.7 Å². The van der Waals surface area contributed by atoms with Gasteiger partial charge in [0.1, 0.15) is 5.82 Å². The molecule has 2 aromatic rings. The van der Waals surface area contributed by atoms with Gasteiger partial charge in [-0.3, -0.25) is 9.59 Å². The summed E-state index contributed by atoms with van der Waals surface area (Å²) in [6.45, 7) is 2.31. The second-order valence-corrected chi connectivity index (χ2v) is 6.73. The molecule has 0 atom stereocenters. The number of amides is 2. The van der Waals surface area contributed by atoms with Gasteiger partial charge in [0.05, 0.1) is 25.8 Å². The summed E-state index contributed by atoms with van der Waals surface area (Å²) in [5.74, 6) is -0.104. The first kappa shape index (κ1) is 23.2. The summed E-state index contributed by atoms with van der Waals surface area (Å²) >= 11 is 6.17. The van der Waals surface area contributed by atoms with Crippen LogP contribution in [0, 0.1) is 5.82 Å². The lowest BCUT2D eigenvalue weighted by Crippen LogP contribution is -2.39. The summed E-state index contributed by atoms with van der Waals surface area (Å²) in [5, 5.41) is 3.08. The number of benzene rings is 2. The number of hydrogen-bond acceptors (Lipinski definition) is 4. The van der Waals surface area contributed by atoms with Gasteiger partial charge in [-0.25, -0.2) is 4.39 Å². The Hall–Kier alpha value is -3.06. The number of methoxy groups -OCH3 is 2. The topological polar surface area (TPSA) is 67.9 Å². The van der Waals surface area contributed by atoms with Crippen LogP contribution in [0.25, 0.3) is 6.08 Å². The Kier molecular flexibility index (Phi) is 8.68. The first-order chi connectivity index (χ1) is 14.4. The average Bonchev–Trinajstić information content (AvgIpc) is 2.74. The van der Waals surface area contributed by atoms with Crippen molar-refractivity contribution in [1.82, 2.24) is 10.2 Å². The van der Waals surface area contributed by atoms with Crippen molar-refractivity contribution in [2.45, 2.75) is 13.5 Å². The lowest BCUT2D eigenvalue weighted by Gasteiger charge is -2.18. The van der Waals surface area contributed by atoms with Crippen molar-refractivity contribution in [3.05, 3.63) is 64.4 Å². The highest BCUT2D eigenvalue weighted by atomic mass is 35.5. The predicted molar refractivity (Wildman–Crippen MR) is 114 cm³/mol. The Labute approximate surface area is 180 Å². The number of rotatable bonds is 9. The molecular formula is C22H24ClFN2O4. The predicted octanol–water partition coefficient (Wildman–Crippen LogP) is 3.67. The van der Waals surface area contributed by atoms with E-state index in [-0.39, 0.29) is 30.7 Å². The zero-order valence-electron chi connectivity index (χ0n) is 17.1. The van der Waals surface area contributed by atoms with E-state index in [1.54, 1.807) is 37.3 Å². The third kappa shape index (κ3) is 6.49. The molecule has 2 amide bonds. The van der Waals surface area contributed by atoms with Gasteiger partial charge in [0.25, 0.3) is 0 Å². The van der Waals surface area contributed by atoms with Gasteiger partial charge in [0, 0.05) is 19.2 Å². The molecule has 160 valence electrons. The fraction of sp³-hybridized carbons (Fsp3) is 0.273. The van der Waals surface area contributed by atoms with Crippen molar-refractivity contribution in [3.8, 4) is 11.5 Å². The third-order valence-electron chi connectivity index (χ3n) is 4.31. The first-order valence-electron chi connectivity index (χ1n) is 9.27. The lowest BCUT2D eigenvalue weighted by atomic mass is 10.2. The van der Waals surface area contributed by atoms with E-state index < -0.39 is 0 Å². The number of likely N-dealkylation sites (N-methyl/N-ethyl adjacent to an activating group) is 1. The van der Waals surface area contributed by atoms with Crippen molar-refractivity contribution in [3.63, 3.8) is 0 Å². The zero-order valence-corrected chi connectivity index (χ0v) is 17.8. The third-order valence-corrected chi connectivity index (χ3v) is 4.59. The molecule has 0 aliphatic rings. The Morgan fingerprint density at radius 1 is 1.17 bits per heavy atom. The summed E-state index contributed by atoms with van der Waals surface area (Å²) in [5.41, 5.74) is 1.42. The molecule has 1 N–H and O–H groups in total. The molecule has 30 heavy (non-hydrogen) atoms. The maximum Gasteiger partial charge on any atom is 0.247 e. The number of halogens is 2. The molecule has 6 nitrogen and oxygen atoms in total.